The van der Waals surface area contributed by atoms with Crippen LogP contribution >= 0.6 is 0 Å². The van der Waals surface area contributed by atoms with Crippen LogP contribution in [0, 0.1) is 18.6 Å². The van der Waals surface area contributed by atoms with E-state index in [9.17, 15) is 13.6 Å². The van der Waals surface area contributed by atoms with Gasteiger partial charge in [-0.15, -0.1) is 0 Å². The van der Waals surface area contributed by atoms with Crippen molar-refractivity contribution in [3.05, 3.63) is 53.6 Å². The lowest BCUT2D eigenvalue weighted by Crippen LogP contribution is -2.17. The van der Waals surface area contributed by atoms with Crippen molar-refractivity contribution in [2.45, 2.75) is 19.8 Å². The van der Waals surface area contributed by atoms with Gasteiger partial charge in [-0.1, -0.05) is 0 Å². The fourth-order valence-corrected chi connectivity index (χ4v) is 2.36. The highest BCUT2D eigenvalue weighted by molar-refractivity contribution is 6.03. The summed E-state index contributed by atoms with van der Waals surface area (Å²) in [7, 11) is 0. The van der Waals surface area contributed by atoms with Crippen molar-refractivity contribution in [3.63, 3.8) is 0 Å². The molecule has 1 aliphatic heterocycles. The Morgan fingerprint density at radius 3 is 2.91 bits per heavy atom. The van der Waals surface area contributed by atoms with Gasteiger partial charge in [0.25, 0.3) is 5.91 Å². The number of halogens is 2. The minimum Gasteiger partial charge on any atom is -0.501 e. The molecule has 0 unspecified atom stereocenters. The fourth-order valence-electron chi connectivity index (χ4n) is 2.36. The second-order valence-corrected chi connectivity index (χ2v) is 5.22. The van der Waals surface area contributed by atoms with Gasteiger partial charge < -0.3 is 10.1 Å². The molecule has 0 aliphatic carbocycles. The van der Waals surface area contributed by atoms with Crippen LogP contribution in [0.2, 0.25) is 0 Å². The minimum absolute atomic E-state index is 0.115. The summed E-state index contributed by atoms with van der Waals surface area (Å²) in [5, 5.41) is 6.80. The third-order valence-corrected chi connectivity index (χ3v) is 3.62. The standard InChI is InChI=1S/C16H15F2N3O2/c1-10-14(20-16(22)11-3-2-6-23-9-11)8-19-21(10)15-5-4-12(17)7-13(15)18/h4-5,7-9H,2-3,6H2,1H3,(H,20,22). The predicted molar refractivity (Wildman–Crippen MR) is 80.1 cm³/mol. The Balaban J connectivity index is 1.84. The second kappa shape index (κ2) is 6.20. The zero-order chi connectivity index (χ0) is 16.4. The molecule has 1 aliphatic rings. The van der Waals surface area contributed by atoms with Crippen LogP contribution in [-0.4, -0.2) is 22.3 Å². The zero-order valence-corrected chi connectivity index (χ0v) is 12.5. The molecule has 5 nitrogen and oxygen atoms in total. The van der Waals surface area contributed by atoms with Crippen molar-refractivity contribution in [3.8, 4) is 5.69 Å². The monoisotopic (exact) mass is 319 g/mol. The molecule has 0 atom stereocenters. The Morgan fingerprint density at radius 2 is 2.22 bits per heavy atom. The van der Waals surface area contributed by atoms with Crippen LogP contribution in [-0.2, 0) is 9.53 Å². The molecule has 23 heavy (non-hydrogen) atoms. The molecule has 1 aromatic heterocycles. The lowest BCUT2D eigenvalue weighted by atomic mass is 10.1. The van der Waals surface area contributed by atoms with E-state index in [0.717, 1.165) is 18.6 Å². The van der Waals surface area contributed by atoms with Crippen molar-refractivity contribution in [2.24, 2.45) is 0 Å². The molecular weight excluding hydrogens is 304 g/mol. The highest BCUT2D eigenvalue weighted by Gasteiger charge is 2.17. The summed E-state index contributed by atoms with van der Waals surface area (Å²) in [6.07, 6.45) is 4.32. The van der Waals surface area contributed by atoms with Gasteiger partial charge >= 0.3 is 0 Å². The molecule has 0 spiro atoms. The van der Waals surface area contributed by atoms with Gasteiger partial charge in [-0.05, 0) is 31.9 Å². The lowest BCUT2D eigenvalue weighted by molar-refractivity contribution is -0.113. The quantitative estimate of drug-likeness (QED) is 0.946. The summed E-state index contributed by atoms with van der Waals surface area (Å²) in [6, 6.07) is 3.24. The fraction of sp³-hybridized carbons (Fsp3) is 0.250. The summed E-state index contributed by atoms with van der Waals surface area (Å²) in [4.78, 5) is 12.2. The number of benzene rings is 1. The van der Waals surface area contributed by atoms with Crippen LogP contribution in [0.25, 0.3) is 5.69 Å². The number of carbonyl (C=O) groups is 1. The van der Waals surface area contributed by atoms with Crippen LogP contribution in [0.1, 0.15) is 18.5 Å². The van der Waals surface area contributed by atoms with E-state index < -0.39 is 11.6 Å². The maximum absolute atomic E-state index is 13.9. The smallest absolute Gasteiger partial charge is 0.254 e. The van der Waals surface area contributed by atoms with Gasteiger partial charge in [-0.3, -0.25) is 4.79 Å². The number of anilines is 1. The SMILES string of the molecule is Cc1c(NC(=O)C2=COCCC2)cnn1-c1ccc(F)cc1F. The van der Waals surface area contributed by atoms with E-state index in [1.165, 1.54) is 23.2 Å². The van der Waals surface area contributed by atoms with Crippen molar-refractivity contribution in [1.29, 1.82) is 0 Å². The Hall–Kier alpha value is -2.70. The van der Waals surface area contributed by atoms with Gasteiger partial charge in [0.05, 0.1) is 36.0 Å². The molecule has 1 aromatic carbocycles. The van der Waals surface area contributed by atoms with Crippen molar-refractivity contribution in [2.75, 3.05) is 11.9 Å². The Bertz CT molecular complexity index is 784. The third kappa shape index (κ3) is 3.08. The van der Waals surface area contributed by atoms with Gasteiger partial charge in [0.15, 0.2) is 5.82 Å². The maximum Gasteiger partial charge on any atom is 0.254 e. The number of nitrogens with zero attached hydrogens (tertiary/aromatic N) is 2. The number of hydrogen-bond acceptors (Lipinski definition) is 3. The van der Waals surface area contributed by atoms with Crippen LogP contribution in [0.15, 0.2) is 36.2 Å². The van der Waals surface area contributed by atoms with E-state index in [2.05, 4.69) is 10.4 Å². The molecule has 3 rings (SSSR count). The summed E-state index contributed by atoms with van der Waals surface area (Å²) in [6.45, 7) is 2.30. The molecule has 0 radical (unpaired) electrons. The van der Waals surface area contributed by atoms with Crippen molar-refractivity contribution in [1.82, 2.24) is 9.78 Å². The number of ether oxygens (including phenoxy) is 1. The second-order valence-electron chi connectivity index (χ2n) is 5.22. The highest BCUT2D eigenvalue weighted by Crippen LogP contribution is 2.22. The van der Waals surface area contributed by atoms with Crippen LogP contribution in [0.3, 0.4) is 0 Å². The van der Waals surface area contributed by atoms with E-state index in [-0.39, 0.29) is 11.6 Å². The normalized spacial score (nSPS) is 14.1. The average molecular weight is 319 g/mol. The van der Waals surface area contributed by atoms with Crippen LogP contribution in [0.4, 0.5) is 14.5 Å². The molecule has 0 bridgehead atoms. The molecule has 1 amide bonds. The van der Waals surface area contributed by atoms with Crippen LogP contribution < -0.4 is 5.32 Å². The number of nitrogens with one attached hydrogen (secondary N) is 1. The Morgan fingerprint density at radius 1 is 1.39 bits per heavy atom. The first kappa shape index (κ1) is 15.2. The van der Waals surface area contributed by atoms with E-state index in [1.54, 1.807) is 6.92 Å². The van der Waals surface area contributed by atoms with Crippen LogP contribution in [0.5, 0.6) is 0 Å². The van der Waals surface area contributed by atoms with Crippen molar-refractivity contribution >= 4 is 11.6 Å². The van der Waals surface area contributed by atoms with E-state index in [1.807, 2.05) is 0 Å². The first-order valence-corrected chi connectivity index (χ1v) is 7.18. The third-order valence-electron chi connectivity index (χ3n) is 3.62. The molecule has 0 saturated heterocycles. The molecule has 120 valence electrons. The summed E-state index contributed by atoms with van der Waals surface area (Å²) in [5.74, 6) is -1.65. The maximum atomic E-state index is 13.9. The van der Waals surface area contributed by atoms with Gasteiger partial charge in [-0.2, -0.15) is 5.10 Å². The molecular formula is C16H15F2N3O2. The zero-order valence-electron chi connectivity index (χ0n) is 12.5. The topological polar surface area (TPSA) is 56.1 Å². The summed E-state index contributed by atoms with van der Waals surface area (Å²) >= 11 is 0. The molecule has 2 heterocycles. The minimum atomic E-state index is -0.725. The number of carbonyl (C=O) groups excluding carboxylic acids is 1. The summed E-state index contributed by atoms with van der Waals surface area (Å²) in [5.41, 5.74) is 1.67. The summed E-state index contributed by atoms with van der Waals surface area (Å²) < 4.78 is 33.3. The molecule has 7 heteroatoms. The van der Waals surface area contributed by atoms with E-state index in [0.29, 0.717) is 30.0 Å². The number of rotatable bonds is 3. The van der Waals surface area contributed by atoms with Gasteiger partial charge in [-0.25, -0.2) is 13.5 Å². The lowest BCUT2D eigenvalue weighted by Gasteiger charge is -2.13. The van der Waals surface area contributed by atoms with Gasteiger partial charge in [0.1, 0.15) is 11.5 Å². The first-order chi connectivity index (χ1) is 11.1. The molecule has 0 fully saturated rings. The first-order valence-electron chi connectivity index (χ1n) is 7.18. The Kier molecular flexibility index (Phi) is 4.10. The van der Waals surface area contributed by atoms with Gasteiger partial charge in [0.2, 0.25) is 0 Å². The molecule has 0 saturated carbocycles. The largest absolute Gasteiger partial charge is 0.501 e. The Labute approximate surface area is 131 Å². The number of hydrogen-bond donors (Lipinski definition) is 1. The van der Waals surface area contributed by atoms with Crippen molar-refractivity contribution < 1.29 is 18.3 Å². The van der Waals surface area contributed by atoms with E-state index in [4.69, 9.17) is 4.74 Å². The average Bonchev–Trinajstić information content (AvgIpc) is 2.89. The van der Waals surface area contributed by atoms with Gasteiger partial charge in [0, 0.05) is 6.07 Å². The highest BCUT2D eigenvalue weighted by atomic mass is 19.1. The number of aromatic nitrogens is 2. The number of amides is 1. The molecule has 1 N–H and O–H groups in total. The van der Waals surface area contributed by atoms with E-state index >= 15 is 0 Å². The molecule has 2 aromatic rings. The predicted octanol–water partition coefficient (Wildman–Crippen LogP) is 3.09.